The highest BCUT2D eigenvalue weighted by Crippen LogP contribution is 2.51. The molecule has 17 heavy (non-hydrogen) atoms. The van der Waals surface area contributed by atoms with E-state index in [1.165, 1.54) is 5.56 Å². The van der Waals surface area contributed by atoms with Crippen LogP contribution in [0.2, 0.25) is 0 Å². The topological polar surface area (TPSA) is 29.5 Å². The molecule has 0 heterocycles. The van der Waals surface area contributed by atoms with Crippen LogP contribution in [0.3, 0.4) is 0 Å². The molecule has 2 nitrogen and oxygen atoms in total. The van der Waals surface area contributed by atoms with Gasteiger partial charge < -0.3 is 9.84 Å². The maximum atomic E-state index is 10.4. The van der Waals surface area contributed by atoms with Gasteiger partial charge in [-0.25, -0.2) is 0 Å². The van der Waals surface area contributed by atoms with Gasteiger partial charge >= 0.3 is 0 Å². The third-order valence-electron chi connectivity index (χ3n) is 3.70. The lowest BCUT2D eigenvalue weighted by molar-refractivity contribution is -0.105. The van der Waals surface area contributed by atoms with E-state index in [2.05, 4.69) is 24.3 Å². The standard InChI is InChI=1S/C15H22O2/c1-4-17-15(2,3)14(16)13-10-12(13)11-8-6-5-7-9-11/h5-9,12-14,16H,4,10H2,1-3H3. The monoisotopic (exact) mass is 234 g/mol. The molecular weight excluding hydrogens is 212 g/mol. The average Bonchev–Trinajstić information content (AvgIpc) is 3.09. The Bertz CT molecular complexity index is 358. The predicted molar refractivity (Wildman–Crippen MR) is 69.0 cm³/mol. The van der Waals surface area contributed by atoms with Crippen molar-refractivity contribution in [3.63, 3.8) is 0 Å². The smallest absolute Gasteiger partial charge is 0.0887 e. The summed E-state index contributed by atoms with van der Waals surface area (Å²) < 4.78 is 5.63. The number of benzene rings is 1. The van der Waals surface area contributed by atoms with Crippen molar-refractivity contribution in [1.82, 2.24) is 0 Å². The van der Waals surface area contributed by atoms with E-state index in [0.717, 1.165) is 6.42 Å². The van der Waals surface area contributed by atoms with Crippen molar-refractivity contribution in [2.75, 3.05) is 6.61 Å². The molecule has 1 N–H and O–H groups in total. The lowest BCUT2D eigenvalue weighted by Gasteiger charge is -2.30. The normalized spacial score (nSPS) is 25.6. The number of aliphatic hydroxyl groups excluding tert-OH is 1. The number of ether oxygens (including phenoxy) is 1. The van der Waals surface area contributed by atoms with Gasteiger partial charge in [0, 0.05) is 6.61 Å². The van der Waals surface area contributed by atoms with Crippen molar-refractivity contribution in [2.45, 2.75) is 44.8 Å². The molecule has 1 fully saturated rings. The summed E-state index contributed by atoms with van der Waals surface area (Å²) in [4.78, 5) is 0. The molecule has 1 aliphatic rings. The van der Waals surface area contributed by atoms with Gasteiger partial charge in [-0.05, 0) is 44.6 Å². The summed E-state index contributed by atoms with van der Waals surface area (Å²) >= 11 is 0. The lowest BCUT2D eigenvalue weighted by Crippen LogP contribution is -2.40. The van der Waals surface area contributed by atoms with Crippen LogP contribution in [-0.2, 0) is 4.74 Å². The Labute approximate surface area is 104 Å². The van der Waals surface area contributed by atoms with Crippen LogP contribution in [0.4, 0.5) is 0 Å². The van der Waals surface area contributed by atoms with Gasteiger partial charge in [0.05, 0.1) is 11.7 Å². The van der Waals surface area contributed by atoms with Crippen LogP contribution in [0.25, 0.3) is 0 Å². The Hall–Kier alpha value is -0.860. The van der Waals surface area contributed by atoms with E-state index in [9.17, 15) is 5.11 Å². The Kier molecular flexibility index (Phi) is 3.55. The van der Waals surface area contributed by atoms with E-state index < -0.39 is 5.60 Å². The van der Waals surface area contributed by atoms with E-state index in [4.69, 9.17) is 4.74 Å². The Morgan fingerprint density at radius 2 is 2.00 bits per heavy atom. The van der Waals surface area contributed by atoms with E-state index >= 15 is 0 Å². The van der Waals surface area contributed by atoms with Crippen molar-refractivity contribution in [2.24, 2.45) is 5.92 Å². The van der Waals surface area contributed by atoms with Gasteiger partial charge in [0.1, 0.15) is 0 Å². The van der Waals surface area contributed by atoms with Gasteiger partial charge in [-0.3, -0.25) is 0 Å². The van der Waals surface area contributed by atoms with Crippen LogP contribution in [-0.4, -0.2) is 23.4 Å². The first-order valence-electron chi connectivity index (χ1n) is 6.43. The van der Waals surface area contributed by atoms with Crippen molar-refractivity contribution in [3.8, 4) is 0 Å². The second-order valence-electron chi connectivity index (χ2n) is 5.40. The molecule has 2 rings (SSSR count). The van der Waals surface area contributed by atoms with Crippen molar-refractivity contribution < 1.29 is 9.84 Å². The molecule has 2 heteroatoms. The molecule has 0 saturated heterocycles. The highest BCUT2D eigenvalue weighted by molar-refractivity contribution is 5.26. The highest BCUT2D eigenvalue weighted by Gasteiger charge is 2.48. The Morgan fingerprint density at radius 3 is 2.59 bits per heavy atom. The molecule has 1 aromatic rings. The summed E-state index contributed by atoms with van der Waals surface area (Å²) in [6, 6.07) is 10.4. The SMILES string of the molecule is CCOC(C)(C)C(O)C1CC1c1ccccc1. The quantitative estimate of drug-likeness (QED) is 0.848. The fourth-order valence-electron chi connectivity index (χ4n) is 2.62. The van der Waals surface area contributed by atoms with Crippen molar-refractivity contribution in [3.05, 3.63) is 35.9 Å². The van der Waals surface area contributed by atoms with Crippen LogP contribution in [0.1, 0.15) is 38.7 Å². The number of hydrogen-bond acceptors (Lipinski definition) is 2. The number of hydrogen-bond donors (Lipinski definition) is 1. The van der Waals surface area contributed by atoms with Gasteiger partial charge in [0.15, 0.2) is 0 Å². The summed E-state index contributed by atoms with van der Waals surface area (Å²) in [5, 5.41) is 10.4. The first kappa shape index (κ1) is 12.6. The third-order valence-corrected chi connectivity index (χ3v) is 3.70. The Morgan fingerprint density at radius 1 is 1.35 bits per heavy atom. The molecule has 3 atom stereocenters. The summed E-state index contributed by atoms with van der Waals surface area (Å²) in [6.45, 7) is 6.56. The molecule has 0 aliphatic heterocycles. The zero-order valence-corrected chi connectivity index (χ0v) is 10.9. The molecule has 0 aromatic heterocycles. The van der Waals surface area contributed by atoms with Crippen LogP contribution in [0.15, 0.2) is 30.3 Å². The van der Waals surface area contributed by atoms with Crippen LogP contribution >= 0.6 is 0 Å². The minimum Gasteiger partial charge on any atom is -0.390 e. The molecule has 1 aliphatic carbocycles. The third kappa shape index (κ3) is 2.70. The van der Waals surface area contributed by atoms with Gasteiger partial charge in [-0.15, -0.1) is 0 Å². The molecule has 1 aromatic carbocycles. The van der Waals surface area contributed by atoms with Gasteiger partial charge in [-0.2, -0.15) is 0 Å². The van der Waals surface area contributed by atoms with E-state index in [-0.39, 0.29) is 6.10 Å². The second-order valence-corrected chi connectivity index (χ2v) is 5.40. The fourth-order valence-corrected chi connectivity index (χ4v) is 2.62. The van der Waals surface area contributed by atoms with E-state index in [1.807, 2.05) is 26.8 Å². The molecule has 3 unspecified atom stereocenters. The average molecular weight is 234 g/mol. The number of rotatable bonds is 5. The first-order chi connectivity index (χ1) is 8.06. The lowest BCUT2D eigenvalue weighted by atomic mass is 9.95. The molecule has 0 bridgehead atoms. The summed E-state index contributed by atoms with van der Waals surface area (Å²) in [7, 11) is 0. The Balaban J connectivity index is 1.99. The summed E-state index contributed by atoms with van der Waals surface area (Å²) in [5.74, 6) is 0.852. The van der Waals surface area contributed by atoms with Crippen LogP contribution in [0, 0.1) is 5.92 Å². The fraction of sp³-hybridized carbons (Fsp3) is 0.600. The number of aliphatic hydroxyl groups is 1. The second kappa shape index (κ2) is 4.79. The molecular formula is C15H22O2. The molecule has 0 amide bonds. The maximum absolute atomic E-state index is 10.4. The largest absolute Gasteiger partial charge is 0.390 e. The molecule has 0 spiro atoms. The predicted octanol–water partition coefficient (Wildman–Crippen LogP) is 2.97. The summed E-state index contributed by atoms with van der Waals surface area (Å²) in [6.07, 6.45) is 0.689. The maximum Gasteiger partial charge on any atom is 0.0887 e. The minimum atomic E-state index is -0.442. The highest BCUT2D eigenvalue weighted by atomic mass is 16.5. The molecule has 94 valence electrons. The van der Waals surface area contributed by atoms with Crippen molar-refractivity contribution >= 4 is 0 Å². The molecule has 0 radical (unpaired) electrons. The van der Waals surface area contributed by atoms with Crippen LogP contribution < -0.4 is 0 Å². The zero-order chi connectivity index (χ0) is 12.5. The van der Waals surface area contributed by atoms with E-state index in [1.54, 1.807) is 0 Å². The summed E-state index contributed by atoms with van der Waals surface area (Å²) in [5.41, 5.74) is 0.895. The molecule has 1 saturated carbocycles. The first-order valence-corrected chi connectivity index (χ1v) is 6.43. The van der Waals surface area contributed by atoms with Gasteiger partial charge in [0.25, 0.3) is 0 Å². The van der Waals surface area contributed by atoms with Crippen molar-refractivity contribution in [1.29, 1.82) is 0 Å². The zero-order valence-electron chi connectivity index (χ0n) is 10.9. The minimum absolute atomic E-state index is 0.346. The van der Waals surface area contributed by atoms with Crippen LogP contribution in [0.5, 0.6) is 0 Å². The van der Waals surface area contributed by atoms with Gasteiger partial charge in [-0.1, -0.05) is 30.3 Å². The van der Waals surface area contributed by atoms with Gasteiger partial charge in [0.2, 0.25) is 0 Å². The van der Waals surface area contributed by atoms with E-state index in [0.29, 0.717) is 18.4 Å².